The van der Waals surface area contributed by atoms with Gasteiger partial charge in [-0.25, -0.2) is 4.79 Å². The van der Waals surface area contributed by atoms with Gasteiger partial charge in [-0.3, -0.25) is 4.79 Å². The quantitative estimate of drug-likeness (QED) is 0.483. The van der Waals surface area contributed by atoms with Crippen LogP contribution in [-0.4, -0.2) is 21.0 Å². The first kappa shape index (κ1) is 17.5. The van der Waals surface area contributed by atoms with Crippen LogP contribution in [0, 0.1) is 20.8 Å². The predicted molar refractivity (Wildman–Crippen MR) is 111 cm³/mol. The molecule has 0 spiro atoms. The van der Waals surface area contributed by atoms with Crippen LogP contribution >= 0.6 is 0 Å². The Balaban J connectivity index is 1.86. The summed E-state index contributed by atoms with van der Waals surface area (Å²) < 4.78 is 5.36. The number of nitrogens with one attached hydrogen (secondary N) is 3. The average molecular weight is 388 g/mol. The fourth-order valence-corrected chi connectivity index (χ4v) is 4.35. The van der Waals surface area contributed by atoms with Gasteiger partial charge in [-0.15, -0.1) is 0 Å². The molecule has 2 aromatic heterocycles. The minimum atomic E-state index is -0.257. The Hall–Kier alpha value is -3.61. The Morgan fingerprint density at radius 3 is 2.59 bits per heavy atom. The Morgan fingerprint density at radius 1 is 1.00 bits per heavy atom. The zero-order chi connectivity index (χ0) is 20.3. The van der Waals surface area contributed by atoms with E-state index < -0.39 is 0 Å². The molecule has 29 heavy (non-hydrogen) atoms. The minimum absolute atomic E-state index is 0.0250. The zero-order valence-corrected chi connectivity index (χ0v) is 16.4. The second kappa shape index (κ2) is 6.20. The van der Waals surface area contributed by atoms with Gasteiger partial charge in [0.1, 0.15) is 5.76 Å². The molecule has 0 saturated heterocycles. The number of aromatic nitrogens is 3. The Bertz CT molecular complexity index is 1340. The summed E-state index contributed by atoms with van der Waals surface area (Å²) in [5.41, 5.74) is 8.81. The van der Waals surface area contributed by atoms with E-state index in [4.69, 9.17) is 4.52 Å². The lowest BCUT2D eigenvalue weighted by Gasteiger charge is -2.22. The highest BCUT2D eigenvalue weighted by molar-refractivity contribution is 6.01. The molecule has 0 aliphatic carbocycles. The Morgan fingerprint density at radius 2 is 1.83 bits per heavy atom. The van der Waals surface area contributed by atoms with Crippen LogP contribution in [0.5, 0.6) is 0 Å². The Kier molecular flexibility index (Phi) is 3.74. The summed E-state index contributed by atoms with van der Waals surface area (Å²) in [5.74, 6) is 0.752. The summed E-state index contributed by atoms with van der Waals surface area (Å²) >= 11 is 0. The maximum absolute atomic E-state index is 12.1. The Labute approximate surface area is 166 Å². The molecule has 7 nitrogen and oxygen atoms in total. The number of imidazole rings is 1. The van der Waals surface area contributed by atoms with E-state index in [0.717, 1.165) is 61.6 Å². The number of aryl methyl sites for hydroxylation is 3. The molecule has 0 unspecified atom stereocenters. The third-order valence-corrected chi connectivity index (χ3v) is 5.61. The third-order valence-electron chi connectivity index (χ3n) is 5.61. The molecular weight excluding hydrogens is 368 g/mol. The fourth-order valence-electron chi connectivity index (χ4n) is 4.35. The maximum Gasteiger partial charge on any atom is 0.323 e. The number of fused-ring (bicyclic) bond motifs is 2. The molecule has 146 valence electrons. The van der Waals surface area contributed by atoms with E-state index in [-0.39, 0.29) is 11.6 Å². The van der Waals surface area contributed by atoms with Gasteiger partial charge in [-0.2, -0.15) is 0 Å². The van der Waals surface area contributed by atoms with Crippen molar-refractivity contribution in [1.29, 1.82) is 0 Å². The molecule has 1 aliphatic heterocycles. The van der Waals surface area contributed by atoms with Crippen molar-refractivity contribution < 1.29 is 9.32 Å². The first-order chi connectivity index (χ1) is 13.9. The van der Waals surface area contributed by atoms with E-state index >= 15 is 0 Å². The number of benzene rings is 2. The molecule has 4 aromatic rings. The van der Waals surface area contributed by atoms with Crippen LogP contribution in [-0.2, 0) is 11.2 Å². The van der Waals surface area contributed by atoms with Crippen LogP contribution < -0.4 is 11.0 Å². The molecule has 1 aliphatic rings. The number of aromatic amines is 2. The summed E-state index contributed by atoms with van der Waals surface area (Å²) in [4.78, 5) is 29.8. The number of anilines is 1. The summed E-state index contributed by atoms with van der Waals surface area (Å²) in [5, 5.41) is 7.04. The standard InChI is InChI=1S/C22H20N4O3/c1-10-4-6-16-14(5-7-18(27)23-16)19(10)15-8-13(20-11(2)26-29-12(20)3)9-17-21(15)25-22(28)24-17/h4,6,8-9H,5,7H2,1-3H3,(H,23,27)(H2,24,25,28). The molecule has 3 N–H and O–H groups in total. The van der Waals surface area contributed by atoms with Gasteiger partial charge in [0, 0.05) is 23.2 Å². The monoisotopic (exact) mass is 388 g/mol. The normalized spacial score (nSPS) is 13.6. The summed E-state index contributed by atoms with van der Waals surface area (Å²) in [7, 11) is 0. The predicted octanol–water partition coefficient (Wildman–Crippen LogP) is 3.99. The molecule has 0 atom stereocenters. The minimum Gasteiger partial charge on any atom is -0.361 e. The number of nitrogens with zero attached hydrogens (tertiary/aromatic N) is 1. The lowest BCUT2D eigenvalue weighted by atomic mass is 9.87. The molecule has 0 fully saturated rings. The first-order valence-electron chi connectivity index (χ1n) is 9.54. The second-order valence-electron chi connectivity index (χ2n) is 7.56. The van der Waals surface area contributed by atoms with Crippen LogP contribution in [0.25, 0.3) is 33.3 Å². The summed E-state index contributed by atoms with van der Waals surface area (Å²) in [6, 6.07) is 7.95. The van der Waals surface area contributed by atoms with Crippen LogP contribution in [0.3, 0.4) is 0 Å². The van der Waals surface area contributed by atoms with Crippen molar-refractivity contribution in [3.05, 3.63) is 57.3 Å². The van der Waals surface area contributed by atoms with E-state index in [0.29, 0.717) is 12.8 Å². The van der Waals surface area contributed by atoms with Crippen LogP contribution in [0.2, 0.25) is 0 Å². The molecule has 2 aromatic carbocycles. The van der Waals surface area contributed by atoms with Crippen LogP contribution in [0.15, 0.2) is 33.6 Å². The van der Waals surface area contributed by atoms with Crippen molar-refractivity contribution in [2.75, 3.05) is 5.32 Å². The lowest BCUT2D eigenvalue weighted by Crippen LogP contribution is -2.19. The van der Waals surface area contributed by atoms with E-state index in [1.165, 1.54) is 0 Å². The van der Waals surface area contributed by atoms with E-state index in [9.17, 15) is 9.59 Å². The summed E-state index contributed by atoms with van der Waals surface area (Å²) in [6.45, 7) is 5.83. The fraction of sp³-hybridized carbons (Fsp3) is 0.227. The van der Waals surface area contributed by atoms with Gasteiger partial charge < -0.3 is 19.8 Å². The first-order valence-corrected chi connectivity index (χ1v) is 9.54. The largest absolute Gasteiger partial charge is 0.361 e. The smallest absolute Gasteiger partial charge is 0.323 e. The number of amides is 1. The lowest BCUT2D eigenvalue weighted by molar-refractivity contribution is -0.116. The number of rotatable bonds is 2. The van der Waals surface area contributed by atoms with Crippen molar-refractivity contribution in [2.24, 2.45) is 0 Å². The second-order valence-corrected chi connectivity index (χ2v) is 7.56. The average Bonchev–Trinajstić information content (AvgIpc) is 3.22. The number of hydrogen-bond donors (Lipinski definition) is 3. The molecule has 7 heteroatoms. The molecule has 0 bridgehead atoms. The number of H-pyrrole nitrogens is 2. The van der Waals surface area contributed by atoms with Gasteiger partial charge in [0.25, 0.3) is 0 Å². The molecular formula is C22H20N4O3. The highest BCUT2D eigenvalue weighted by Gasteiger charge is 2.23. The highest BCUT2D eigenvalue weighted by Crippen LogP contribution is 2.40. The highest BCUT2D eigenvalue weighted by atomic mass is 16.5. The van der Waals surface area contributed by atoms with Crippen LogP contribution in [0.4, 0.5) is 5.69 Å². The van der Waals surface area contributed by atoms with Gasteiger partial charge in [0.15, 0.2) is 0 Å². The van der Waals surface area contributed by atoms with Crippen molar-refractivity contribution in [1.82, 2.24) is 15.1 Å². The summed E-state index contributed by atoms with van der Waals surface area (Å²) in [6.07, 6.45) is 1.10. The van der Waals surface area contributed by atoms with Crippen molar-refractivity contribution in [3.63, 3.8) is 0 Å². The SMILES string of the molecule is Cc1ccc2c(c1-c1cc(-c3c(C)noc3C)cc3[nH]c(=O)[nH]c13)CCC(=O)N2. The number of carbonyl (C=O) groups is 1. The molecule has 0 radical (unpaired) electrons. The maximum atomic E-state index is 12.1. The number of carbonyl (C=O) groups excluding carboxylic acids is 1. The van der Waals surface area contributed by atoms with Gasteiger partial charge in [-0.1, -0.05) is 11.2 Å². The molecule has 3 heterocycles. The van der Waals surface area contributed by atoms with E-state index in [2.05, 4.69) is 26.5 Å². The van der Waals surface area contributed by atoms with E-state index in [1.807, 2.05) is 39.0 Å². The molecule has 1 amide bonds. The van der Waals surface area contributed by atoms with Crippen LogP contribution in [0.1, 0.15) is 29.0 Å². The zero-order valence-electron chi connectivity index (χ0n) is 16.4. The topological polar surface area (TPSA) is 104 Å². The van der Waals surface area contributed by atoms with Gasteiger partial charge >= 0.3 is 5.69 Å². The number of hydrogen-bond acceptors (Lipinski definition) is 4. The van der Waals surface area contributed by atoms with Gasteiger partial charge in [0.2, 0.25) is 5.91 Å². The van der Waals surface area contributed by atoms with Crippen molar-refractivity contribution in [3.8, 4) is 22.3 Å². The molecule has 5 rings (SSSR count). The van der Waals surface area contributed by atoms with Gasteiger partial charge in [-0.05, 0) is 67.6 Å². The molecule has 0 saturated carbocycles. The third kappa shape index (κ3) is 2.69. The van der Waals surface area contributed by atoms with Crippen molar-refractivity contribution >= 4 is 22.6 Å². The van der Waals surface area contributed by atoms with Gasteiger partial charge in [0.05, 0.1) is 16.7 Å². The van der Waals surface area contributed by atoms with E-state index in [1.54, 1.807) is 0 Å². The van der Waals surface area contributed by atoms with Crippen molar-refractivity contribution in [2.45, 2.75) is 33.6 Å².